The topological polar surface area (TPSA) is 63.1 Å². The van der Waals surface area contributed by atoms with Crippen molar-refractivity contribution in [1.82, 2.24) is 19.7 Å². The fourth-order valence-corrected chi connectivity index (χ4v) is 3.65. The second-order valence-electron chi connectivity index (χ2n) is 6.37. The molecule has 25 heavy (non-hydrogen) atoms. The molecule has 3 aromatic rings. The predicted octanol–water partition coefficient (Wildman–Crippen LogP) is 2.39. The highest BCUT2D eigenvalue weighted by molar-refractivity contribution is 5.99. The number of ether oxygens (including phenoxy) is 1. The second-order valence-corrected chi connectivity index (χ2v) is 6.37. The van der Waals surface area contributed by atoms with E-state index in [1.165, 1.54) is 19.2 Å². The van der Waals surface area contributed by atoms with Crippen LogP contribution in [0.25, 0.3) is 10.9 Å². The van der Waals surface area contributed by atoms with Gasteiger partial charge in [-0.25, -0.2) is 9.18 Å². The van der Waals surface area contributed by atoms with Crippen LogP contribution in [-0.2, 0) is 31.3 Å². The Labute approximate surface area is 144 Å². The quantitative estimate of drug-likeness (QED) is 0.743. The largest absolute Gasteiger partial charge is 0.464 e. The maximum Gasteiger partial charge on any atom is 0.355 e. The summed E-state index contributed by atoms with van der Waals surface area (Å²) in [7, 11) is 3.17. The molecule has 1 aliphatic heterocycles. The van der Waals surface area contributed by atoms with Gasteiger partial charge in [0.15, 0.2) is 0 Å². The second kappa shape index (κ2) is 6.00. The van der Waals surface area contributed by atoms with Crippen LogP contribution in [-0.4, -0.2) is 39.3 Å². The van der Waals surface area contributed by atoms with Gasteiger partial charge in [0.2, 0.25) is 0 Å². The van der Waals surface area contributed by atoms with Crippen molar-refractivity contribution in [3.05, 3.63) is 52.7 Å². The third-order valence-corrected chi connectivity index (χ3v) is 4.91. The first-order valence-electron chi connectivity index (χ1n) is 8.17. The van der Waals surface area contributed by atoms with Crippen molar-refractivity contribution >= 4 is 16.9 Å². The Bertz CT molecular complexity index is 960. The highest BCUT2D eigenvalue weighted by Crippen LogP contribution is 2.29. The minimum atomic E-state index is -0.407. The van der Waals surface area contributed by atoms with Gasteiger partial charge in [0.05, 0.1) is 13.3 Å². The van der Waals surface area contributed by atoms with Gasteiger partial charge in [-0.2, -0.15) is 5.10 Å². The summed E-state index contributed by atoms with van der Waals surface area (Å²) in [6, 6.07) is 4.60. The number of hydrogen-bond acceptors (Lipinski definition) is 4. The molecule has 2 aromatic heterocycles. The number of nitrogens with one attached hydrogen (secondary N) is 1. The summed E-state index contributed by atoms with van der Waals surface area (Å²) in [5, 5.41) is 7.86. The van der Waals surface area contributed by atoms with E-state index in [1.54, 1.807) is 17.7 Å². The molecule has 0 saturated heterocycles. The normalized spacial score (nSPS) is 14.7. The van der Waals surface area contributed by atoms with E-state index in [2.05, 4.69) is 15.1 Å². The van der Waals surface area contributed by atoms with Crippen molar-refractivity contribution in [3.63, 3.8) is 0 Å². The summed E-state index contributed by atoms with van der Waals surface area (Å²) in [6.07, 6.45) is 2.72. The van der Waals surface area contributed by atoms with Gasteiger partial charge >= 0.3 is 5.97 Å². The van der Waals surface area contributed by atoms with Crippen LogP contribution in [0, 0.1) is 5.82 Å². The van der Waals surface area contributed by atoms with E-state index in [9.17, 15) is 9.18 Å². The van der Waals surface area contributed by atoms with E-state index in [4.69, 9.17) is 4.74 Å². The Morgan fingerprint density at radius 1 is 1.44 bits per heavy atom. The van der Waals surface area contributed by atoms with Gasteiger partial charge in [-0.1, -0.05) is 0 Å². The number of nitrogens with zero attached hydrogens (tertiary/aromatic N) is 3. The number of H-pyrrole nitrogens is 1. The number of carbonyl (C=O) groups excluding carboxylic acids is 1. The fourth-order valence-electron chi connectivity index (χ4n) is 3.65. The number of benzene rings is 1. The first kappa shape index (κ1) is 15.8. The number of carbonyl (C=O) groups is 1. The minimum Gasteiger partial charge on any atom is -0.464 e. The molecule has 7 heteroatoms. The molecule has 1 aromatic carbocycles. The molecule has 4 rings (SSSR count). The first-order valence-corrected chi connectivity index (χ1v) is 8.17. The summed E-state index contributed by atoms with van der Waals surface area (Å²) in [6.45, 7) is 2.15. The van der Waals surface area contributed by atoms with Gasteiger partial charge in [-0.15, -0.1) is 0 Å². The molecule has 0 bridgehead atoms. The molecular weight excluding hydrogens is 323 g/mol. The van der Waals surface area contributed by atoms with Gasteiger partial charge in [-0.3, -0.25) is 10.00 Å². The molecule has 1 N–H and O–H groups in total. The van der Waals surface area contributed by atoms with Crippen LogP contribution in [0.1, 0.15) is 27.3 Å². The average molecular weight is 342 g/mol. The van der Waals surface area contributed by atoms with Gasteiger partial charge in [0.1, 0.15) is 11.5 Å². The van der Waals surface area contributed by atoms with Crippen molar-refractivity contribution in [2.75, 3.05) is 13.7 Å². The highest BCUT2D eigenvalue weighted by atomic mass is 19.1. The van der Waals surface area contributed by atoms with Gasteiger partial charge in [-0.05, 0) is 18.2 Å². The number of aryl methyl sites for hydroxylation is 1. The van der Waals surface area contributed by atoms with Gasteiger partial charge < -0.3 is 9.30 Å². The number of aromatic amines is 1. The number of methoxy groups -OCH3 is 1. The van der Waals surface area contributed by atoms with Crippen LogP contribution in [0.2, 0.25) is 0 Å². The molecule has 6 nitrogen and oxygen atoms in total. The maximum atomic E-state index is 13.8. The van der Waals surface area contributed by atoms with E-state index >= 15 is 0 Å². The van der Waals surface area contributed by atoms with Crippen LogP contribution in [0.3, 0.4) is 0 Å². The smallest absolute Gasteiger partial charge is 0.355 e. The Morgan fingerprint density at radius 2 is 2.28 bits per heavy atom. The number of aromatic nitrogens is 3. The van der Waals surface area contributed by atoms with Crippen molar-refractivity contribution in [2.45, 2.75) is 19.5 Å². The molecular formula is C18H19FN4O2. The summed E-state index contributed by atoms with van der Waals surface area (Å²) < 4.78 is 20.6. The standard InChI is InChI=1S/C18H19FN4O2/c1-22-16-4-3-12(19)7-13(16)14(17(22)18(24)25-2)10-23-6-5-15-11(9-23)8-20-21-15/h3-4,7-8H,5-6,9-10H2,1-2H3,(H,20,21). The van der Waals surface area contributed by atoms with E-state index < -0.39 is 5.97 Å². The zero-order valence-electron chi connectivity index (χ0n) is 14.2. The summed E-state index contributed by atoms with van der Waals surface area (Å²) in [5.41, 5.74) is 4.42. The Morgan fingerprint density at radius 3 is 3.08 bits per heavy atom. The lowest BCUT2D eigenvalue weighted by Gasteiger charge is -2.26. The van der Waals surface area contributed by atoms with E-state index in [0.29, 0.717) is 12.2 Å². The molecule has 0 spiro atoms. The molecule has 0 atom stereocenters. The molecule has 0 saturated carbocycles. The van der Waals surface area contributed by atoms with Crippen molar-refractivity contribution < 1.29 is 13.9 Å². The first-order chi connectivity index (χ1) is 12.1. The fraction of sp³-hybridized carbons (Fsp3) is 0.333. The van der Waals surface area contributed by atoms with Crippen LogP contribution >= 0.6 is 0 Å². The lowest BCUT2D eigenvalue weighted by atomic mass is 10.1. The highest BCUT2D eigenvalue weighted by Gasteiger charge is 2.25. The molecule has 130 valence electrons. The average Bonchev–Trinajstić information content (AvgIpc) is 3.17. The van der Waals surface area contributed by atoms with Crippen molar-refractivity contribution in [2.24, 2.45) is 7.05 Å². The monoisotopic (exact) mass is 342 g/mol. The number of esters is 1. The van der Waals surface area contributed by atoms with E-state index in [-0.39, 0.29) is 5.82 Å². The van der Waals surface area contributed by atoms with Gasteiger partial charge in [0.25, 0.3) is 0 Å². The maximum absolute atomic E-state index is 13.8. The number of rotatable bonds is 3. The molecule has 0 fully saturated rings. The van der Waals surface area contributed by atoms with E-state index in [0.717, 1.165) is 47.2 Å². The van der Waals surface area contributed by atoms with Crippen LogP contribution in [0.4, 0.5) is 4.39 Å². The number of fused-ring (bicyclic) bond motifs is 2. The van der Waals surface area contributed by atoms with Crippen molar-refractivity contribution in [3.8, 4) is 0 Å². The zero-order valence-corrected chi connectivity index (χ0v) is 14.2. The van der Waals surface area contributed by atoms with Gasteiger partial charge in [0, 0.05) is 60.8 Å². The third-order valence-electron chi connectivity index (χ3n) is 4.91. The van der Waals surface area contributed by atoms with Crippen LogP contribution < -0.4 is 0 Å². The lowest BCUT2D eigenvalue weighted by molar-refractivity contribution is 0.0587. The molecule has 0 unspecified atom stereocenters. The minimum absolute atomic E-state index is 0.313. The lowest BCUT2D eigenvalue weighted by Crippen LogP contribution is -2.30. The third kappa shape index (κ3) is 2.60. The Kier molecular flexibility index (Phi) is 3.80. The molecule has 0 amide bonds. The molecule has 1 aliphatic rings. The summed E-state index contributed by atoms with van der Waals surface area (Å²) in [5.74, 6) is -0.721. The van der Waals surface area contributed by atoms with E-state index in [1.807, 2.05) is 6.20 Å². The molecule has 0 radical (unpaired) electrons. The number of hydrogen-bond donors (Lipinski definition) is 1. The number of halogens is 1. The SMILES string of the molecule is COC(=O)c1c(CN2CCc3[nH]ncc3C2)c2cc(F)ccc2n1C. The Hall–Kier alpha value is -2.67. The predicted molar refractivity (Wildman–Crippen MR) is 90.6 cm³/mol. The summed E-state index contributed by atoms with van der Waals surface area (Å²) >= 11 is 0. The molecule has 0 aliphatic carbocycles. The Balaban J connectivity index is 1.77. The van der Waals surface area contributed by atoms with Crippen LogP contribution in [0.5, 0.6) is 0 Å². The van der Waals surface area contributed by atoms with Crippen LogP contribution in [0.15, 0.2) is 24.4 Å². The van der Waals surface area contributed by atoms with Crippen molar-refractivity contribution in [1.29, 1.82) is 0 Å². The summed E-state index contributed by atoms with van der Waals surface area (Å²) in [4.78, 5) is 14.6. The zero-order chi connectivity index (χ0) is 17.6. The molecule has 3 heterocycles.